The molecule has 2 rings (SSSR count). The lowest BCUT2D eigenvalue weighted by Crippen LogP contribution is -2.15. The average molecular weight is 399 g/mol. The number of carbonyl (C=O) groups is 2. The third-order valence-electron chi connectivity index (χ3n) is 3.12. The van der Waals surface area contributed by atoms with Crippen LogP contribution in [0.1, 0.15) is 20.8 Å². The van der Waals surface area contributed by atoms with Crippen molar-refractivity contribution < 1.29 is 19.1 Å². The van der Waals surface area contributed by atoms with E-state index in [1.165, 1.54) is 14.2 Å². The number of nitrogens with zero attached hydrogens (tertiary/aromatic N) is 1. The van der Waals surface area contributed by atoms with Crippen LogP contribution in [0.25, 0.3) is 10.9 Å². The summed E-state index contributed by atoms with van der Waals surface area (Å²) in [4.78, 5) is 24.2. The highest BCUT2D eigenvalue weighted by Crippen LogP contribution is 2.27. The summed E-state index contributed by atoms with van der Waals surface area (Å²) in [6, 6.07) is 7.32. The summed E-state index contributed by atoms with van der Waals surface area (Å²) >= 11 is 2.10. The molecule has 1 aromatic carbocycles. The van der Waals surface area contributed by atoms with Crippen LogP contribution >= 0.6 is 22.6 Å². The number of para-hydroxylation sites is 1. The molecule has 0 aliphatic rings. The molecule has 1 heterocycles. The largest absolute Gasteiger partial charge is 0.465 e. The van der Waals surface area contributed by atoms with Crippen LogP contribution in [0.4, 0.5) is 0 Å². The monoisotopic (exact) mass is 399 g/mol. The smallest absolute Gasteiger partial charge is 0.355 e. The summed E-state index contributed by atoms with van der Waals surface area (Å²) in [5.74, 6) is -1.11. The van der Waals surface area contributed by atoms with Crippen LogP contribution in [0.3, 0.4) is 0 Å². The van der Waals surface area contributed by atoms with Crippen LogP contribution in [0.2, 0.25) is 0 Å². The Hall–Kier alpha value is -1.83. The summed E-state index contributed by atoms with van der Waals surface area (Å²) in [5, 5.41) is 0.673. The number of carbonyl (C=O) groups excluding carboxylic acids is 2. The first kappa shape index (κ1) is 15.6. The van der Waals surface area contributed by atoms with Gasteiger partial charge in [0.2, 0.25) is 0 Å². The number of hydrogen-bond donors (Lipinski definition) is 0. The fourth-order valence-electron chi connectivity index (χ4n) is 2.26. The predicted molar refractivity (Wildman–Crippen MR) is 87.8 cm³/mol. The molecule has 0 saturated carbocycles. The highest BCUT2D eigenvalue weighted by Gasteiger charge is 2.27. The molecule has 5 nitrogen and oxygen atoms in total. The van der Waals surface area contributed by atoms with Crippen molar-refractivity contribution in [1.82, 2.24) is 4.57 Å². The minimum absolute atomic E-state index is 0.208. The van der Waals surface area contributed by atoms with Gasteiger partial charge in [0, 0.05) is 17.4 Å². The van der Waals surface area contributed by atoms with Crippen molar-refractivity contribution in [2.24, 2.45) is 0 Å². The number of esters is 2. The molecule has 0 N–H and O–H groups in total. The number of halogens is 1. The Balaban J connectivity index is 2.84. The van der Waals surface area contributed by atoms with E-state index >= 15 is 0 Å². The van der Waals surface area contributed by atoms with Crippen LogP contribution in [-0.4, -0.2) is 30.7 Å². The lowest BCUT2D eigenvalue weighted by Gasteiger charge is -2.07. The van der Waals surface area contributed by atoms with Crippen molar-refractivity contribution in [3.05, 3.63) is 45.7 Å². The molecule has 0 unspecified atom stereocenters. The first-order chi connectivity index (χ1) is 10.2. The molecular formula is C15H14INO4. The second-order valence-electron chi connectivity index (χ2n) is 4.20. The Bertz CT molecular complexity index is 718. The van der Waals surface area contributed by atoms with Crippen molar-refractivity contribution in [3.63, 3.8) is 0 Å². The molecule has 1 aromatic heterocycles. The summed E-state index contributed by atoms with van der Waals surface area (Å²) in [6.45, 7) is 0.463. The maximum absolute atomic E-state index is 12.1. The minimum atomic E-state index is -0.562. The second-order valence-corrected chi connectivity index (χ2v) is 4.92. The third-order valence-corrected chi connectivity index (χ3v) is 3.62. The van der Waals surface area contributed by atoms with Crippen molar-refractivity contribution in [1.29, 1.82) is 0 Å². The Morgan fingerprint density at radius 1 is 1.19 bits per heavy atom. The zero-order valence-electron chi connectivity index (χ0n) is 11.6. The number of benzene rings is 1. The van der Waals surface area contributed by atoms with Gasteiger partial charge in [0.15, 0.2) is 0 Å². The Labute approximate surface area is 135 Å². The standard InChI is InChI=1S/C15H14INO4/c1-20-14(18)12-10-6-3-4-7-11(10)17(9-5-8-16)13(12)15(19)21-2/h3-8H,9H2,1-2H3/b8-5+. The van der Waals surface area contributed by atoms with Gasteiger partial charge in [-0.3, -0.25) is 0 Å². The summed E-state index contributed by atoms with van der Waals surface area (Å²) < 4.78 is 13.3. The fourth-order valence-corrected chi connectivity index (χ4v) is 2.48. The summed E-state index contributed by atoms with van der Waals surface area (Å²) in [5.41, 5.74) is 1.23. The fraction of sp³-hybridized carbons (Fsp3) is 0.200. The van der Waals surface area contributed by atoms with E-state index in [0.717, 1.165) is 5.52 Å². The van der Waals surface area contributed by atoms with Crippen LogP contribution in [0.15, 0.2) is 34.4 Å². The molecule has 0 aliphatic heterocycles. The van der Waals surface area contributed by atoms with E-state index in [1.807, 2.05) is 28.4 Å². The van der Waals surface area contributed by atoms with Crippen molar-refractivity contribution >= 4 is 45.4 Å². The van der Waals surface area contributed by atoms with E-state index in [-0.39, 0.29) is 11.3 Å². The van der Waals surface area contributed by atoms with Crippen LogP contribution in [0.5, 0.6) is 0 Å². The molecule has 0 fully saturated rings. The summed E-state index contributed by atoms with van der Waals surface area (Å²) in [7, 11) is 2.58. The van der Waals surface area contributed by atoms with Gasteiger partial charge in [-0.25, -0.2) is 9.59 Å². The van der Waals surface area contributed by atoms with Crippen LogP contribution in [0, 0.1) is 0 Å². The van der Waals surface area contributed by atoms with Gasteiger partial charge in [0.1, 0.15) is 11.3 Å². The SMILES string of the molecule is COC(=O)c1c(C(=O)OC)n(C/C=C/I)c2ccccc12. The van der Waals surface area contributed by atoms with Gasteiger partial charge >= 0.3 is 11.9 Å². The molecule has 2 aromatic rings. The quantitative estimate of drug-likeness (QED) is 0.586. The Morgan fingerprint density at radius 3 is 2.48 bits per heavy atom. The molecule has 0 spiro atoms. The van der Waals surface area contributed by atoms with Gasteiger partial charge in [0.05, 0.1) is 14.2 Å². The lowest BCUT2D eigenvalue weighted by molar-refractivity contribution is 0.0549. The molecule has 0 radical (unpaired) electrons. The number of ether oxygens (including phenoxy) is 2. The number of rotatable bonds is 4. The zero-order chi connectivity index (χ0) is 15.4. The number of hydrogen-bond acceptors (Lipinski definition) is 4. The molecule has 21 heavy (non-hydrogen) atoms. The molecule has 0 atom stereocenters. The van der Waals surface area contributed by atoms with Gasteiger partial charge < -0.3 is 14.0 Å². The molecule has 0 bridgehead atoms. The van der Waals surface area contributed by atoms with Crippen molar-refractivity contribution in [2.45, 2.75) is 6.54 Å². The Kier molecular flexibility index (Phi) is 5.00. The number of allylic oxidation sites excluding steroid dienone is 1. The lowest BCUT2D eigenvalue weighted by atomic mass is 10.1. The molecule has 0 saturated heterocycles. The van der Waals surface area contributed by atoms with E-state index in [1.54, 1.807) is 10.6 Å². The number of aromatic nitrogens is 1. The molecular weight excluding hydrogens is 385 g/mol. The highest BCUT2D eigenvalue weighted by atomic mass is 127. The average Bonchev–Trinajstić information content (AvgIpc) is 2.85. The second kappa shape index (κ2) is 6.75. The van der Waals surface area contributed by atoms with Gasteiger partial charge in [-0.05, 0) is 10.1 Å². The van der Waals surface area contributed by atoms with Gasteiger partial charge in [-0.1, -0.05) is 46.9 Å². The predicted octanol–water partition coefficient (Wildman–Crippen LogP) is 3.16. The van der Waals surface area contributed by atoms with Crippen molar-refractivity contribution in [2.75, 3.05) is 14.2 Å². The topological polar surface area (TPSA) is 57.5 Å². The van der Waals surface area contributed by atoms with Crippen LogP contribution in [-0.2, 0) is 16.0 Å². The van der Waals surface area contributed by atoms with E-state index < -0.39 is 11.9 Å². The van der Waals surface area contributed by atoms with Crippen LogP contribution < -0.4 is 0 Å². The number of fused-ring (bicyclic) bond motifs is 1. The normalized spacial score (nSPS) is 11.0. The Morgan fingerprint density at radius 2 is 1.86 bits per heavy atom. The highest BCUT2D eigenvalue weighted by molar-refractivity contribution is 14.1. The number of methoxy groups -OCH3 is 2. The van der Waals surface area contributed by atoms with E-state index in [9.17, 15) is 9.59 Å². The molecule has 110 valence electrons. The third kappa shape index (κ3) is 2.80. The first-order valence-electron chi connectivity index (χ1n) is 6.18. The van der Waals surface area contributed by atoms with Gasteiger partial charge in [0.25, 0.3) is 0 Å². The molecule has 0 aliphatic carbocycles. The van der Waals surface area contributed by atoms with Gasteiger partial charge in [-0.2, -0.15) is 0 Å². The van der Waals surface area contributed by atoms with E-state index in [0.29, 0.717) is 11.9 Å². The minimum Gasteiger partial charge on any atom is -0.465 e. The molecule has 6 heteroatoms. The zero-order valence-corrected chi connectivity index (χ0v) is 13.8. The van der Waals surface area contributed by atoms with E-state index in [2.05, 4.69) is 22.6 Å². The maximum Gasteiger partial charge on any atom is 0.355 e. The first-order valence-corrected chi connectivity index (χ1v) is 7.43. The van der Waals surface area contributed by atoms with E-state index in [4.69, 9.17) is 9.47 Å². The summed E-state index contributed by atoms with van der Waals surface area (Å²) in [6.07, 6.45) is 1.89. The molecule has 0 amide bonds. The van der Waals surface area contributed by atoms with Gasteiger partial charge in [-0.15, -0.1) is 0 Å². The maximum atomic E-state index is 12.1. The van der Waals surface area contributed by atoms with Crippen molar-refractivity contribution in [3.8, 4) is 0 Å².